The van der Waals surface area contributed by atoms with Crippen molar-refractivity contribution in [2.45, 2.75) is 91.9 Å². The Labute approximate surface area is 167 Å². The van der Waals surface area contributed by atoms with Crippen molar-refractivity contribution in [3.05, 3.63) is 0 Å². The minimum atomic E-state index is 0. The van der Waals surface area contributed by atoms with Crippen molar-refractivity contribution in [2.24, 2.45) is 11.8 Å². The van der Waals surface area contributed by atoms with Crippen LogP contribution in [-0.2, 0) is 16.5 Å². The van der Waals surface area contributed by atoms with Crippen LogP contribution in [0.3, 0.4) is 0 Å². The molecule has 0 saturated heterocycles. The normalized spacial score (nSPS) is 10.9. The molecule has 0 atom stereocenters. The Hall–Kier alpha value is 0.734. The van der Waals surface area contributed by atoms with Gasteiger partial charge in [-0.1, -0.05) is 91.3 Å². The molecule has 0 fully saturated rings. The first-order valence-corrected chi connectivity index (χ1v) is 10.3. The fourth-order valence-corrected chi connectivity index (χ4v) is 3.10. The molecule has 0 heterocycles. The smallest absolute Gasteiger partial charge is 0.133 e. The number of unbranched alkanes of at least 4 members (excludes halogenated alkanes) is 6. The van der Waals surface area contributed by atoms with Gasteiger partial charge < -0.3 is 4.90 Å². The molecule has 0 N–H and O–H groups in total. The summed E-state index contributed by atoms with van der Waals surface area (Å²) >= 11 is 9.67. The van der Waals surface area contributed by atoms with E-state index in [1.807, 2.05) is 0 Å². The van der Waals surface area contributed by atoms with E-state index >= 15 is 0 Å². The fourth-order valence-electron chi connectivity index (χ4n) is 2.72. The Morgan fingerprint density at radius 2 is 1.09 bits per heavy atom. The summed E-state index contributed by atoms with van der Waals surface area (Å²) in [6.07, 6.45) is 13.4. The first kappa shape index (κ1) is 26.0. The molecule has 0 saturated carbocycles. The maximum Gasteiger partial charge on any atom is 0.133 e. The fraction of sp³-hybridized carbons (Fsp3) is 0.947. The van der Waals surface area contributed by atoms with Gasteiger partial charge in [0.15, 0.2) is 0 Å². The van der Waals surface area contributed by atoms with Gasteiger partial charge in [0, 0.05) is 29.6 Å². The van der Waals surface area contributed by atoms with E-state index in [1.165, 1.54) is 64.2 Å². The zero-order valence-electron chi connectivity index (χ0n) is 15.8. The van der Waals surface area contributed by atoms with Gasteiger partial charge in [0.05, 0.1) is 0 Å². The average Bonchev–Trinajstić information content (AvgIpc) is 2.42. The van der Waals surface area contributed by atoms with E-state index in [2.05, 4.69) is 45.2 Å². The van der Waals surface area contributed by atoms with Crippen LogP contribution in [0.15, 0.2) is 0 Å². The second kappa shape index (κ2) is 17.6. The van der Waals surface area contributed by atoms with Crippen LogP contribution in [0.1, 0.15) is 91.9 Å². The number of thiol groups is 1. The first-order valence-electron chi connectivity index (χ1n) is 9.41. The maximum atomic E-state index is 5.28. The third-order valence-electron chi connectivity index (χ3n) is 4.19. The van der Waals surface area contributed by atoms with Gasteiger partial charge in [0.25, 0.3) is 0 Å². The summed E-state index contributed by atoms with van der Waals surface area (Å²) in [5.74, 6) is 1.69. The van der Waals surface area contributed by atoms with E-state index in [1.54, 1.807) is 0 Å². The summed E-state index contributed by atoms with van der Waals surface area (Å²) in [7, 11) is 0. The monoisotopic (exact) mass is 403 g/mol. The van der Waals surface area contributed by atoms with Gasteiger partial charge in [0.2, 0.25) is 0 Å². The van der Waals surface area contributed by atoms with E-state index in [0.29, 0.717) is 0 Å². The van der Waals surface area contributed by atoms with Crippen molar-refractivity contribution >= 4 is 29.2 Å². The standard InChI is InChI=1S/C19H39NS2.Ni/c1-17(2)13-9-5-7-11-15-20(19(21)22)16-12-8-6-10-14-18(3)4;/h17-18H,5-16H2,1-4H3,(H,21,22);. The topological polar surface area (TPSA) is 3.24 Å². The van der Waals surface area contributed by atoms with Crippen LogP contribution in [0.4, 0.5) is 0 Å². The van der Waals surface area contributed by atoms with Gasteiger partial charge in [-0.3, -0.25) is 0 Å². The molecule has 23 heavy (non-hydrogen) atoms. The number of nitrogens with zero attached hydrogens (tertiary/aromatic N) is 1. The molecule has 4 heteroatoms. The Balaban J connectivity index is 0. The molecule has 0 spiro atoms. The summed E-state index contributed by atoms with van der Waals surface area (Å²) in [4.78, 5) is 2.29. The number of rotatable bonds is 14. The Morgan fingerprint density at radius 1 is 0.739 bits per heavy atom. The quantitative estimate of drug-likeness (QED) is 0.148. The minimum absolute atomic E-state index is 0. The molecule has 0 aromatic heterocycles. The van der Waals surface area contributed by atoms with Crippen molar-refractivity contribution in [3.63, 3.8) is 0 Å². The molecule has 0 aliphatic heterocycles. The molecule has 0 radical (unpaired) electrons. The Morgan fingerprint density at radius 3 is 1.39 bits per heavy atom. The van der Waals surface area contributed by atoms with Crippen molar-refractivity contribution in [1.82, 2.24) is 4.90 Å². The van der Waals surface area contributed by atoms with Crippen molar-refractivity contribution < 1.29 is 16.5 Å². The van der Waals surface area contributed by atoms with Gasteiger partial charge in [-0.15, -0.1) is 12.6 Å². The maximum absolute atomic E-state index is 5.28. The van der Waals surface area contributed by atoms with Crippen LogP contribution in [0.5, 0.6) is 0 Å². The summed E-state index contributed by atoms with van der Waals surface area (Å²) < 4.78 is 0.782. The molecular weight excluding hydrogens is 365 g/mol. The second-order valence-corrected chi connectivity index (χ2v) is 8.58. The zero-order chi connectivity index (χ0) is 16.8. The predicted molar refractivity (Wildman–Crippen MR) is 109 cm³/mol. The van der Waals surface area contributed by atoms with E-state index in [0.717, 1.165) is 29.2 Å². The zero-order valence-corrected chi connectivity index (χ0v) is 18.5. The van der Waals surface area contributed by atoms with Gasteiger partial charge in [0.1, 0.15) is 4.32 Å². The predicted octanol–water partition coefficient (Wildman–Crippen LogP) is 6.71. The van der Waals surface area contributed by atoms with Crippen molar-refractivity contribution in [1.29, 1.82) is 0 Å². The molecule has 0 rings (SSSR count). The SMILES string of the molecule is CC(C)CCCCCCN(CCCCCCC(C)C)C(=S)S.[Ni]. The largest absolute Gasteiger partial charge is 0.358 e. The summed E-state index contributed by atoms with van der Waals surface area (Å²) in [5.41, 5.74) is 0. The van der Waals surface area contributed by atoms with E-state index < -0.39 is 0 Å². The average molecular weight is 404 g/mol. The molecule has 0 unspecified atom stereocenters. The van der Waals surface area contributed by atoms with Gasteiger partial charge in [-0.05, 0) is 24.7 Å². The molecule has 0 bridgehead atoms. The molecule has 0 amide bonds. The molecule has 0 aromatic carbocycles. The van der Waals surface area contributed by atoms with Gasteiger partial charge >= 0.3 is 0 Å². The third kappa shape index (κ3) is 18.9. The van der Waals surface area contributed by atoms with Gasteiger partial charge in [-0.25, -0.2) is 0 Å². The van der Waals surface area contributed by atoms with Crippen LogP contribution >= 0.6 is 24.8 Å². The molecule has 0 aliphatic rings. The van der Waals surface area contributed by atoms with Gasteiger partial charge in [-0.2, -0.15) is 0 Å². The second-order valence-electron chi connectivity index (χ2n) is 7.46. The Kier molecular flexibility index (Phi) is 19.8. The Bertz CT molecular complexity index is 250. The van der Waals surface area contributed by atoms with Crippen LogP contribution in [0.2, 0.25) is 0 Å². The summed E-state index contributed by atoms with van der Waals surface area (Å²) in [5, 5.41) is 0. The number of thiocarbonyl (C=S) groups is 1. The first-order chi connectivity index (χ1) is 10.4. The van der Waals surface area contributed by atoms with Crippen LogP contribution in [0.25, 0.3) is 0 Å². The van der Waals surface area contributed by atoms with E-state index in [-0.39, 0.29) is 16.5 Å². The van der Waals surface area contributed by atoms with Crippen molar-refractivity contribution in [3.8, 4) is 0 Å². The molecule has 0 aliphatic carbocycles. The molecular formula is C19H39NNiS2. The van der Waals surface area contributed by atoms with Crippen LogP contribution < -0.4 is 0 Å². The summed E-state index contributed by atoms with van der Waals surface area (Å²) in [6.45, 7) is 11.4. The summed E-state index contributed by atoms with van der Waals surface area (Å²) in [6, 6.07) is 0. The molecule has 142 valence electrons. The number of hydrogen-bond acceptors (Lipinski definition) is 1. The van der Waals surface area contributed by atoms with Crippen LogP contribution in [0, 0.1) is 11.8 Å². The van der Waals surface area contributed by atoms with E-state index in [4.69, 9.17) is 12.2 Å². The minimum Gasteiger partial charge on any atom is -0.358 e. The van der Waals surface area contributed by atoms with Crippen LogP contribution in [-0.4, -0.2) is 22.3 Å². The molecule has 0 aromatic rings. The molecule has 1 nitrogen and oxygen atoms in total. The third-order valence-corrected chi connectivity index (χ3v) is 4.73. The van der Waals surface area contributed by atoms with Crippen molar-refractivity contribution in [2.75, 3.05) is 13.1 Å². The number of hydrogen-bond donors (Lipinski definition) is 1. The van der Waals surface area contributed by atoms with E-state index in [9.17, 15) is 0 Å².